The molecule has 0 fully saturated rings. The van der Waals surface area contributed by atoms with E-state index in [4.69, 9.17) is 4.42 Å². The Morgan fingerprint density at radius 2 is 2.00 bits per heavy atom. The fourth-order valence-corrected chi connectivity index (χ4v) is 2.28. The molecule has 3 aromatic rings. The van der Waals surface area contributed by atoms with Crippen LogP contribution >= 0.6 is 0 Å². The summed E-state index contributed by atoms with van der Waals surface area (Å²) in [4.78, 5) is 4.59. The smallest absolute Gasteiger partial charge is 0.229 e. The van der Waals surface area contributed by atoms with Gasteiger partial charge in [-0.2, -0.15) is 0 Å². The van der Waals surface area contributed by atoms with Gasteiger partial charge >= 0.3 is 0 Å². The monoisotopic (exact) mass is 281 g/mol. The number of anilines is 2. The zero-order chi connectivity index (χ0) is 14.7. The lowest BCUT2D eigenvalue weighted by atomic mass is 10.1. The molecule has 21 heavy (non-hydrogen) atoms. The number of oxazole rings is 1. The molecule has 0 aliphatic heterocycles. The standard InChI is InChI=1S/C17H19N3O/c1-3-10-19-14-9-8-12(18-2)11-13(14)17-20-15-6-4-5-7-16(15)21-17/h4-9,11,18-19H,3,10H2,1-2H3. The molecule has 0 aliphatic carbocycles. The maximum absolute atomic E-state index is 5.90. The topological polar surface area (TPSA) is 50.1 Å². The van der Waals surface area contributed by atoms with Gasteiger partial charge in [-0.3, -0.25) is 0 Å². The lowest BCUT2D eigenvalue weighted by molar-refractivity contribution is 0.620. The highest BCUT2D eigenvalue weighted by Gasteiger charge is 2.12. The molecule has 0 atom stereocenters. The van der Waals surface area contributed by atoms with E-state index < -0.39 is 0 Å². The average Bonchev–Trinajstić information content (AvgIpc) is 2.96. The van der Waals surface area contributed by atoms with Gasteiger partial charge in [0, 0.05) is 25.0 Å². The van der Waals surface area contributed by atoms with E-state index in [0.29, 0.717) is 5.89 Å². The lowest BCUT2D eigenvalue weighted by Gasteiger charge is -2.11. The first kappa shape index (κ1) is 13.5. The average molecular weight is 281 g/mol. The van der Waals surface area contributed by atoms with Gasteiger partial charge in [-0.05, 0) is 36.8 Å². The van der Waals surface area contributed by atoms with Gasteiger partial charge in [-0.1, -0.05) is 19.1 Å². The van der Waals surface area contributed by atoms with Crippen LogP contribution in [0.1, 0.15) is 13.3 Å². The predicted octanol–water partition coefficient (Wildman–Crippen LogP) is 4.36. The van der Waals surface area contributed by atoms with Crippen molar-refractivity contribution in [2.75, 3.05) is 24.2 Å². The molecule has 1 aromatic heterocycles. The molecule has 0 saturated heterocycles. The van der Waals surface area contributed by atoms with Crippen molar-refractivity contribution in [1.29, 1.82) is 0 Å². The third-order valence-corrected chi connectivity index (χ3v) is 3.40. The number of nitrogens with one attached hydrogen (secondary N) is 2. The van der Waals surface area contributed by atoms with Gasteiger partial charge in [-0.25, -0.2) is 4.98 Å². The van der Waals surface area contributed by atoms with Gasteiger partial charge in [0.25, 0.3) is 0 Å². The SMILES string of the molecule is CCCNc1ccc(NC)cc1-c1nc2ccccc2o1. The van der Waals surface area contributed by atoms with Crippen molar-refractivity contribution in [2.45, 2.75) is 13.3 Å². The number of para-hydroxylation sites is 2. The zero-order valence-corrected chi connectivity index (χ0v) is 12.3. The van der Waals surface area contributed by atoms with Crippen LogP contribution < -0.4 is 10.6 Å². The molecule has 4 heteroatoms. The first-order valence-corrected chi connectivity index (χ1v) is 7.23. The number of hydrogen-bond donors (Lipinski definition) is 2. The first-order valence-electron chi connectivity index (χ1n) is 7.23. The van der Waals surface area contributed by atoms with Crippen molar-refractivity contribution in [3.8, 4) is 11.5 Å². The molecule has 2 N–H and O–H groups in total. The normalized spacial score (nSPS) is 10.8. The van der Waals surface area contributed by atoms with E-state index in [2.05, 4.69) is 34.7 Å². The van der Waals surface area contributed by atoms with E-state index in [0.717, 1.165) is 41.0 Å². The van der Waals surface area contributed by atoms with Crippen molar-refractivity contribution in [1.82, 2.24) is 4.98 Å². The van der Waals surface area contributed by atoms with Crippen LogP contribution in [0.25, 0.3) is 22.6 Å². The molecule has 0 bridgehead atoms. The molecule has 0 amide bonds. The van der Waals surface area contributed by atoms with Crippen LogP contribution in [0.4, 0.5) is 11.4 Å². The van der Waals surface area contributed by atoms with Gasteiger partial charge in [0.05, 0.1) is 5.56 Å². The van der Waals surface area contributed by atoms with Gasteiger partial charge in [-0.15, -0.1) is 0 Å². The predicted molar refractivity (Wildman–Crippen MR) is 87.8 cm³/mol. The molecule has 4 nitrogen and oxygen atoms in total. The van der Waals surface area contributed by atoms with Crippen molar-refractivity contribution < 1.29 is 4.42 Å². The van der Waals surface area contributed by atoms with E-state index in [9.17, 15) is 0 Å². The second kappa shape index (κ2) is 5.87. The highest BCUT2D eigenvalue weighted by atomic mass is 16.3. The van der Waals surface area contributed by atoms with E-state index in [-0.39, 0.29) is 0 Å². The summed E-state index contributed by atoms with van der Waals surface area (Å²) >= 11 is 0. The Bertz CT molecular complexity index is 716. The summed E-state index contributed by atoms with van der Waals surface area (Å²) in [6.45, 7) is 3.07. The van der Waals surface area contributed by atoms with Crippen LogP contribution in [0.15, 0.2) is 46.9 Å². The molecule has 1 heterocycles. The molecular formula is C17H19N3O. The highest BCUT2D eigenvalue weighted by Crippen LogP contribution is 2.32. The van der Waals surface area contributed by atoms with Crippen molar-refractivity contribution in [2.24, 2.45) is 0 Å². The van der Waals surface area contributed by atoms with Crippen LogP contribution in [0.5, 0.6) is 0 Å². The number of hydrogen-bond acceptors (Lipinski definition) is 4. The van der Waals surface area contributed by atoms with Crippen LogP contribution in [-0.4, -0.2) is 18.6 Å². The Morgan fingerprint density at radius 1 is 1.14 bits per heavy atom. The van der Waals surface area contributed by atoms with Gasteiger partial charge < -0.3 is 15.1 Å². The Balaban J connectivity index is 2.09. The molecule has 0 aliphatic rings. The highest BCUT2D eigenvalue weighted by molar-refractivity contribution is 5.82. The summed E-state index contributed by atoms with van der Waals surface area (Å²) in [6.07, 6.45) is 1.07. The second-order valence-corrected chi connectivity index (χ2v) is 4.92. The number of aromatic nitrogens is 1. The van der Waals surface area contributed by atoms with E-state index in [1.54, 1.807) is 0 Å². The minimum atomic E-state index is 0.645. The Hall–Kier alpha value is -2.49. The molecular weight excluding hydrogens is 262 g/mol. The third kappa shape index (κ3) is 2.70. The fraction of sp³-hybridized carbons (Fsp3) is 0.235. The van der Waals surface area contributed by atoms with Crippen LogP contribution in [0.3, 0.4) is 0 Å². The quantitative estimate of drug-likeness (QED) is 0.729. The molecule has 2 aromatic carbocycles. The summed E-state index contributed by atoms with van der Waals surface area (Å²) in [5, 5.41) is 6.59. The van der Waals surface area contributed by atoms with Gasteiger partial charge in [0.15, 0.2) is 5.58 Å². The second-order valence-electron chi connectivity index (χ2n) is 4.92. The molecule has 0 saturated carbocycles. The number of benzene rings is 2. The molecule has 0 radical (unpaired) electrons. The summed E-state index contributed by atoms with van der Waals surface area (Å²) in [5.41, 5.74) is 4.75. The number of fused-ring (bicyclic) bond motifs is 1. The van der Waals surface area contributed by atoms with Crippen molar-refractivity contribution in [3.63, 3.8) is 0 Å². The zero-order valence-electron chi connectivity index (χ0n) is 12.3. The summed E-state index contributed by atoms with van der Waals surface area (Å²) < 4.78 is 5.90. The van der Waals surface area contributed by atoms with Crippen molar-refractivity contribution >= 4 is 22.5 Å². The van der Waals surface area contributed by atoms with Crippen LogP contribution in [-0.2, 0) is 0 Å². The molecule has 0 unspecified atom stereocenters. The van der Waals surface area contributed by atoms with Crippen LogP contribution in [0, 0.1) is 0 Å². The summed E-state index contributed by atoms with van der Waals surface area (Å²) in [7, 11) is 1.91. The fourth-order valence-electron chi connectivity index (χ4n) is 2.28. The minimum absolute atomic E-state index is 0.645. The van der Waals surface area contributed by atoms with E-state index in [1.165, 1.54) is 0 Å². The van der Waals surface area contributed by atoms with Gasteiger partial charge in [0.1, 0.15) is 5.52 Å². The third-order valence-electron chi connectivity index (χ3n) is 3.40. The maximum atomic E-state index is 5.90. The van der Waals surface area contributed by atoms with E-state index in [1.807, 2.05) is 37.4 Å². The summed E-state index contributed by atoms with van der Waals surface area (Å²) in [5.74, 6) is 0.645. The number of rotatable bonds is 5. The minimum Gasteiger partial charge on any atom is -0.436 e. The molecule has 3 rings (SSSR count). The van der Waals surface area contributed by atoms with E-state index >= 15 is 0 Å². The number of nitrogens with zero attached hydrogens (tertiary/aromatic N) is 1. The summed E-state index contributed by atoms with van der Waals surface area (Å²) in [6, 6.07) is 14.0. The Labute approximate surface area is 124 Å². The van der Waals surface area contributed by atoms with Crippen molar-refractivity contribution in [3.05, 3.63) is 42.5 Å². The largest absolute Gasteiger partial charge is 0.436 e. The molecule has 0 spiro atoms. The van der Waals surface area contributed by atoms with Crippen LogP contribution in [0.2, 0.25) is 0 Å². The lowest BCUT2D eigenvalue weighted by Crippen LogP contribution is -2.02. The molecule has 108 valence electrons. The first-order chi connectivity index (χ1) is 10.3. The Kier molecular flexibility index (Phi) is 3.77. The maximum Gasteiger partial charge on any atom is 0.229 e. The Morgan fingerprint density at radius 3 is 2.76 bits per heavy atom. The van der Waals surface area contributed by atoms with Gasteiger partial charge in [0.2, 0.25) is 5.89 Å².